The molecule has 1 atom stereocenters. The van der Waals surface area contributed by atoms with E-state index in [1.54, 1.807) is 20.0 Å². The quantitative estimate of drug-likeness (QED) is 0.613. The van der Waals surface area contributed by atoms with Gasteiger partial charge >= 0.3 is 0 Å². The second-order valence-corrected chi connectivity index (χ2v) is 6.42. The van der Waals surface area contributed by atoms with Crippen LogP contribution in [-0.4, -0.2) is 26.6 Å². The number of nitrogens with one attached hydrogen (secondary N) is 3. The molecule has 0 bridgehead atoms. The van der Waals surface area contributed by atoms with Crippen molar-refractivity contribution >= 4 is 11.7 Å². The summed E-state index contributed by atoms with van der Waals surface area (Å²) < 4.78 is 0. The second-order valence-electron chi connectivity index (χ2n) is 6.42. The first-order valence-electron chi connectivity index (χ1n) is 8.49. The number of amides is 1. The lowest BCUT2D eigenvalue weighted by Gasteiger charge is -2.11. The molecule has 1 amide bonds. The molecule has 0 aliphatic heterocycles. The maximum atomic E-state index is 12.6. The zero-order valence-corrected chi connectivity index (χ0v) is 15.3. The van der Waals surface area contributed by atoms with Gasteiger partial charge in [0.05, 0.1) is 17.9 Å². The molecular formula is C20H22N4O2. The van der Waals surface area contributed by atoms with Gasteiger partial charge in [-0.25, -0.2) is 4.98 Å². The molecule has 6 heteroatoms. The lowest BCUT2D eigenvalue weighted by atomic mass is 10.1. The Morgan fingerprint density at radius 1 is 1.12 bits per heavy atom. The summed E-state index contributed by atoms with van der Waals surface area (Å²) in [6.45, 7) is 6.94. The van der Waals surface area contributed by atoms with Crippen LogP contribution in [0.5, 0.6) is 0 Å². The summed E-state index contributed by atoms with van der Waals surface area (Å²) in [7, 11) is 0. The van der Waals surface area contributed by atoms with E-state index >= 15 is 0 Å². The zero-order valence-electron chi connectivity index (χ0n) is 15.3. The van der Waals surface area contributed by atoms with E-state index in [1.165, 1.54) is 6.92 Å². The number of Topliss-reactive ketones (excluding diaryl/α,β-unsaturated/α-hetero) is 1. The van der Waals surface area contributed by atoms with E-state index in [9.17, 15) is 9.59 Å². The lowest BCUT2D eigenvalue weighted by Crippen LogP contribution is -2.28. The number of carbonyl (C=O) groups excluding carboxylic acids is 2. The average molecular weight is 350 g/mol. The molecule has 26 heavy (non-hydrogen) atoms. The van der Waals surface area contributed by atoms with Crippen molar-refractivity contribution in [2.24, 2.45) is 0 Å². The topological polar surface area (TPSA) is 90.6 Å². The number of imidazole rings is 1. The fraction of sp³-hybridized carbons (Fsp3) is 0.250. The van der Waals surface area contributed by atoms with Gasteiger partial charge in [-0.3, -0.25) is 9.59 Å². The summed E-state index contributed by atoms with van der Waals surface area (Å²) in [6, 6.07) is 9.57. The minimum absolute atomic E-state index is 0.0538. The van der Waals surface area contributed by atoms with Gasteiger partial charge in [0.2, 0.25) is 0 Å². The highest BCUT2D eigenvalue weighted by atomic mass is 16.2. The number of nitrogens with zero attached hydrogens (tertiary/aromatic N) is 1. The summed E-state index contributed by atoms with van der Waals surface area (Å²) in [5, 5.41) is 2.92. The standard InChI is InChI=1S/C20H22N4O2/c1-11-17(14(4)25)12(2)22-18(11)20(26)23-13(3)19-21-10-16(24-19)15-8-6-5-7-9-15/h5-10,13,22H,1-4H3,(H,21,24)(H,23,26)/t13-/m1/s1. The Morgan fingerprint density at radius 3 is 2.42 bits per heavy atom. The molecular weight excluding hydrogens is 328 g/mol. The maximum Gasteiger partial charge on any atom is 0.268 e. The third-order valence-corrected chi connectivity index (χ3v) is 4.45. The molecule has 0 saturated carbocycles. The Kier molecular flexibility index (Phi) is 4.75. The van der Waals surface area contributed by atoms with E-state index in [0.29, 0.717) is 28.3 Å². The van der Waals surface area contributed by atoms with E-state index in [4.69, 9.17) is 0 Å². The molecule has 3 rings (SSSR count). The van der Waals surface area contributed by atoms with Crippen molar-refractivity contribution in [3.8, 4) is 11.3 Å². The molecule has 0 fully saturated rings. The van der Waals surface area contributed by atoms with Crippen LogP contribution < -0.4 is 5.32 Å². The molecule has 0 aliphatic rings. The van der Waals surface area contributed by atoms with Crippen molar-refractivity contribution in [2.45, 2.75) is 33.7 Å². The fourth-order valence-electron chi connectivity index (χ4n) is 3.16. The highest BCUT2D eigenvalue weighted by Crippen LogP contribution is 2.21. The van der Waals surface area contributed by atoms with Crippen LogP contribution >= 0.6 is 0 Å². The lowest BCUT2D eigenvalue weighted by molar-refractivity contribution is 0.0933. The van der Waals surface area contributed by atoms with Gasteiger partial charge < -0.3 is 15.3 Å². The monoisotopic (exact) mass is 350 g/mol. The van der Waals surface area contributed by atoms with E-state index in [-0.39, 0.29) is 17.7 Å². The second kappa shape index (κ2) is 7.00. The third-order valence-electron chi connectivity index (χ3n) is 4.45. The molecule has 0 radical (unpaired) electrons. The molecule has 6 nitrogen and oxygen atoms in total. The van der Waals surface area contributed by atoms with E-state index < -0.39 is 0 Å². The number of rotatable bonds is 5. The van der Waals surface area contributed by atoms with Gasteiger partial charge in [-0.15, -0.1) is 0 Å². The van der Waals surface area contributed by atoms with Gasteiger partial charge in [0.25, 0.3) is 5.91 Å². The number of benzene rings is 1. The van der Waals surface area contributed by atoms with E-state index in [1.807, 2.05) is 37.3 Å². The van der Waals surface area contributed by atoms with Gasteiger partial charge in [0.1, 0.15) is 11.5 Å². The largest absolute Gasteiger partial charge is 0.354 e. The third kappa shape index (κ3) is 3.31. The number of aromatic nitrogens is 3. The van der Waals surface area contributed by atoms with Gasteiger partial charge in [-0.05, 0) is 38.8 Å². The molecule has 0 unspecified atom stereocenters. The predicted molar refractivity (Wildman–Crippen MR) is 100 cm³/mol. The number of hydrogen-bond acceptors (Lipinski definition) is 3. The number of ketones is 1. The van der Waals surface area contributed by atoms with Crippen LogP contribution in [0.2, 0.25) is 0 Å². The zero-order chi connectivity index (χ0) is 18.8. The first kappa shape index (κ1) is 17.7. The molecule has 3 N–H and O–H groups in total. The van der Waals surface area contributed by atoms with Gasteiger partial charge in [0, 0.05) is 11.3 Å². The summed E-state index contributed by atoms with van der Waals surface area (Å²) in [6.07, 6.45) is 1.76. The first-order chi connectivity index (χ1) is 12.4. The Bertz CT molecular complexity index is 954. The molecule has 2 aromatic heterocycles. The van der Waals surface area contributed by atoms with Crippen LogP contribution in [0.3, 0.4) is 0 Å². The van der Waals surface area contributed by atoms with Crippen molar-refractivity contribution in [1.29, 1.82) is 0 Å². The molecule has 0 spiro atoms. The average Bonchev–Trinajstić information content (AvgIpc) is 3.20. The predicted octanol–water partition coefficient (Wildman–Crippen LogP) is 3.72. The Balaban J connectivity index is 1.77. The Morgan fingerprint density at radius 2 is 1.81 bits per heavy atom. The van der Waals surface area contributed by atoms with Crippen LogP contribution in [-0.2, 0) is 0 Å². The van der Waals surface area contributed by atoms with Crippen LogP contribution in [0.25, 0.3) is 11.3 Å². The molecule has 1 aromatic carbocycles. The van der Waals surface area contributed by atoms with Crippen LogP contribution in [0.15, 0.2) is 36.5 Å². The summed E-state index contributed by atoms with van der Waals surface area (Å²) in [5.74, 6) is 0.357. The summed E-state index contributed by atoms with van der Waals surface area (Å²) >= 11 is 0. The van der Waals surface area contributed by atoms with Crippen molar-refractivity contribution in [1.82, 2.24) is 20.3 Å². The summed E-state index contributed by atoms with van der Waals surface area (Å²) in [5.41, 5.74) is 4.29. The van der Waals surface area contributed by atoms with Crippen LogP contribution in [0, 0.1) is 13.8 Å². The number of aromatic amines is 2. The van der Waals surface area contributed by atoms with Crippen molar-refractivity contribution in [3.05, 3.63) is 64.9 Å². The highest BCUT2D eigenvalue weighted by Gasteiger charge is 2.22. The molecule has 134 valence electrons. The van der Waals surface area contributed by atoms with Gasteiger partial charge in [-0.2, -0.15) is 0 Å². The number of H-pyrrole nitrogens is 2. The smallest absolute Gasteiger partial charge is 0.268 e. The van der Waals surface area contributed by atoms with Crippen molar-refractivity contribution in [3.63, 3.8) is 0 Å². The van der Waals surface area contributed by atoms with Crippen molar-refractivity contribution in [2.75, 3.05) is 0 Å². The van der Waals surface area contributed by atoms with Crippen LogP contribution in [0.1, 0.15) is 57.8 Å². The molecule has 0 aliphatic carbocycles. The Labute approximate surface area is 152 Å². The van der Waals surface area contributed by atoms with Gasteiger partial charge in [-0.1, -0.05) is 30.3 Å². The summed E-state index contributed by atoms with van der Waals surface area (Å²) in [4.78, 5) is 35.0. The minimum atomic E-state index is -0.302. The van der Waals surface area contributed by atoms with Crippen LogP contribution in [0.4, 0.5) is 0 Å². The molecule has 3 aromatic rings. The Hall–Kier alpha value is -3.15. The molecule has 0 saturated heterocycles. The number of aryl methyl sites for hydroxylation is 1. The number of carbonyl (C=O) groups is 2. The number of hydrogen-bond donors (Lipinski definition) is 3. The molecule has 2 heterocycles. The van der Waals surface area contributed by atoms with E-state index in [2.05, 4.69) is 20.3 Å². The first-order valence-corrected chi connectivity index (χ1v) is 8.49. The highest BCUT2D eigenvalue weighted by molar-refractivity contribution is 6.02. The van der Waals surface area contributed by atoms with E-state index in [0.717, 1.165) is 11.3 Å². The minimum Gasteiger partial charge on any atom is -0.354 e. The fourth-order valence-corrected chi connectivity index (χ4v) is 3.16. The SMILES string of the molecule is CC(=O)c1c(C)[nH]c(C(=O)N[C@H](C)c2ncc(-c3ccccc3)[nH]2)c1C. The maximum absolute atomic E-state index is 12.6. The van der Waals surface area contributed by atoms with Gasteiger partial charge in [0.15, 0.2) is 5.78 Å². The van der Waals surface area contributed by atoms with Crippen molar-refractivity contribution < 1.29 is 9.59 Å². The normalized spacial score (nSPS) is 12.0.